The molecule has 2 unspecified atom stereocenters. The van der Waals surface area contributed by atoms with E-state index in [0.717, 1.165) is 12.3 Å². The summed E-state index contributed by atoms with van der Waals surface area (Å²) < 4.78 is 5.67. The van der Waals surface area contributed by atoms with Crippen molar-refractivity contribution >= 4 is 0 Å². The molecule has 0 aromatic heterocycles. The molecule has 2 atom stereocenters. The molecule has 0 amide bonds. The maximum absolute atomic E-state index is 5.67. The average Bonchev–Trinajstić information content (AvgIpc) is 2.85. The molecule has 0 saturated carbocycles. The molecule has 0 bridgehead atoms. The average molecular weight is 248 g/mol. The Kier molecular flexibility index (Phi) is 4.61. The van der Waals surface area contributed by atoms with Crippen LogP contribution >= 0.6 is 0 Å². The fraction of sp³-hybridized carbons (Fsp3) is 0.600. The van der Waals surface area contributed by atoms with Crippen LogP contribution in [0.15, 0.2) is 24.3 Å². The molecule has 1 aromatic rings. The van der Waals surface area contributed by atoms with Gasteiger partial charge in [0.2, 0.25) is 0 Å². The van der Waals surface area contributed by atoms with Crippen LogP contribution < -0.4 is 15.4 Å². The van der Waals surface area contributed by atoms with Crippen molar-refractivity contribution in [1.29, 1.82) is 0 Å². The van der Waals surface area contributed by atoms with E-state index in [1.807, 2.05) is 20.9 Å². The quantitative estimate of drug-likeness (QED) is 0.840. The van der Waals surface area contributed by atoms with E-state index in [4.69, 9.17) is 4.74 Å². The van der Waals surface area contributed by atoms with E-state index in [2.05, 4.69) is 34.9 Å². The Morgan fingerprint density at radius 1 is 1.28 bits per heavy atom. The van der Waals surface area contributed by atoms with Gasteiger partial charge in [-0.25, -0.2) is 0 Å². The van der Waals surface area contributed by atoms with E-state index < -0.39 is 0 Å². The third kappa shape index (κ3) is 3.24. The van der Waals surface area contributed by atoms with Crippen molar-refractivity contribution in [1.82, 2.24) is 10.6 Å². The molecule has 100 valence electrons. The zero-order chi connectivity index (χ0) is 13.0. The number of hydrogen-bond donors (Lipinski definition) is 2. The zero-order valence-electron chi connectivity index (χ0n) is 11.6. The van der Waals surface area contributed by atoms with Crippen molar-refractivity contribution < 1.29 is 4.74 Å². The first-order valence-electron chi connectivity index (χ1n) is 6.88. The molecule has 1 aromatic carbocycles. The Balaban J connectivity index is 2.06. The summed E-state index contributed by atoms with van der Waals surface area (Å²) in [4.78, 5) is 0. The van der Waals surface area contributed by atoms with Gasteiger partial charge in [-0.3, -0.25) is 0 Å². The Hall–Kier alpha value is -1.06. The van der Waals surface area contributed by atoms with E-state index in [0.29, 0.717) is 12.1 Å². The second kappa shape index (κ2) is 6.21. The van der Waals surface area contributed by atoms with Crippen molar-refractivity contribution in [3.63, 3.8) is 0 Å². The van der Waals surface area contributed by atoms with Crippen LogP contribution in [0.3, 0.4) is 0 Å². The second-order valence-electron chi connectivity index (χ2n) is 5.20. The van der Waals surface area contributed by atoms with Gasteiger partial charge in [0.15, 0.2) is 0 Å². The van der Waals surface area contributed by atoms with Crippen molar-refractivity contribution in [2.75, 3.05) is 13.6 Å². The first-order chi connectivity index (χ1) is 8.70. The summed E-state index contributed by atoms with van der Waals surface area (Å²) >= 11 is 0. The molecule has 2 N–H and O–H groups in total. The minimum Gasteiger partial charge on any atom is -0.491 e. The van der Waals surface area contributed by atoms with Crippen molar-refractivity contribution in [2.24, 2.45) is 0 Å². The largest absolute Gasteiger partial charge is 0.491 e. The Morgan fingerprint density at radius 3 is 2.50 bits per heavy atom. The van der Waals surface area contributed by atoms with Crippen LogP contribution in [0.1, 0.15) is 38.3 Å². The van der Waals surface area contributed by atoms with Crippen LogP contribution in [0.4, 0.5) is 0 Å². The van der Waals surface area contributed by atoms with Crippen molar-refractivity contribution in [3.05, 3.63) is 29.8 Å². The number of benzene rings is 1. The van der Waals surface area contributed by atoms with Gasteiger partial charge in [-0.15, -0.1) is 0 Å². The van der Waals surface area contributed by atoms with Gasteiger partial charge in [0.05, 0.1) is 6.10 Å². The Morgan fingerprint density at radius 2 is 2.00 bits per heavy atom. The fourth-order valence-electron chi connectivity index (χ4n) is 2.62. The van der Waals surface area contributed by atoms with Crippen LogP contribution in [0.5, 0.6) is 5.75 Å². The van der Waals surface area contributed by atoms with Gasteiger partial charge in [0.1, 0.15) is 5.75 Å². The number of nitrogens with one attached hydrogen (secondary N) is 2. The van der Waals surface area contributed by atoms with Gasteiger partial charge in [-0.05, 0) is 58.0 Å². The molecular weight excluding hydrogens is 224 g/mol. The predicted octanol–water partition coefficient (Wildman–Crippen LogP) is 2.49. The van der Waals surface area contributed by atoms with Crippen LogP contribution in [0.2, 0.25) is 0 Å². The summed E-state index contributed by atoms with van der Waals surface area (Å²) in [6.07, 6.45) is 2.75. The van der Waals surface area contributed by atoms with E-state index >= 15 is 0 Å². The van der Waals surface area contributed by atoms with E-state index in [1.165, 1.54) is 18.4 Å². The van der Waals surface area contributed by atoms with Gasteiger partial charge < -0.3 is 15.4 Å². The fourth-order valence-corrected chi connectivity index (χ4v) is 2.62. The molecule has 2 rings (SSSR count). The molecule has 3 heteroatoms. The van der Waals surface area contributed by atoms with Crippen LogP contribution in [-0.4, -0.2) is 25.7 Å². The predicted molar refractivity (Wildman–Crippen MR) is 75.0 cm³/mol. The first kappa shape index (κ1) is 13.4. The Labute approximate surface area is 110 Å². The standard InChI is InChI=1S/C15H24N2O/c1-11(2)18-13-8-6-12(7-9-13)15(16-3)14-5-4-10-17-14/h6-9,11,14-17H,4-5,10H2,1-3H3. The smallest absolute Gasteiger partial charge is 0.119 e. The van der Waals surface area contributed by atoms with Crippen LogP contribution in [0, 0.1) is 0 Å². The van der Waals surface area contributed by atoms with E-state index in [9.17, 15) is 0 Å². The van der Waals surface area contributed by atoms with Gasteiger partial charge in [-0.2, -0.15) is 0 Å². The third-order valence-electron chi connectivity index (χ3n) is 3.42. The molecule has 3 nitrogen and oxygen atoms in total. The lowest BCUT2D eigenvalue weighted by molar-refractivity contribution is 0.242. The Bertz CT molecular complexity index is 355. The third-order valence-corrected chi connectivity index (χ3v) is 3.42. The summed E-state index contributed by atoms with van der Waals surface area (Å²) in [5.74, 6) is 0.947. The molecule has 1 aliphatic rings. The van der Waals surface area contributed by atoms with Crippen LogP contribution in [-0.2, 0) is 0 Å². The van der Waals surface area contributed by atoms with Gasteiger partial charge in [0, 0.05) is 12.1 Å². The molecule has 1 saturated heterocycles. The highest BCUT2D eigenvalue weighted by Crippen LogP contribution is 2.24. The molecule has 18 heavy (non-hydrogen) atoms. The van der Waals surface area contributed by atoms with Gasteiger partial charge in [0.25, 0.3) is 0 Å². The molecule has 0 spiro atoms. The molecule has 1 heterocycles. The van der Waals surface area contributed by atoms with Gasteiger partial charge >= 0.3 is 0 Å². The second-order valence-corrected chi connectivity index (χ2v) is 5.20. The number of rotatable bonds is 5. The van der Waals surface area contributed by atoms with Crippen LogP contribution in [0.25, 0.3) is 0 Å². The minimum atomic E-state index is 0.229. The van der Waals surface area contributed by atoms with E-state index in [-0.39, 0.29) is 6.10 Å². The normalized spacial score (nSPS) is 21.2. The van der Waals surface area contributed by atoms with Crippen molar-refractivity contribution in [3.8, 4) is 5.75 Å². The SMILES string of the molecule is CNC(c1ccc(OC(C)C)cc1)C1CCCN1. The number of ether oxygens (including phenoxy) is 1. The summed E-state index contributed by atoms with van der Waals surface area (Å²) in [6, 6.07) is 9.40. The highest BCUT2D eigenvalue weighted by molar-refractivity contribution is 5.30. The summed E-state index contributed by atoms with van der Waals surface area (Å²) in [5, 5.41) is 6.98. The van der Waals surface area contributed by atoms with E-state index in [1.54, 1.807) is 0 Å². The highest BCUT2D eigenvalue weighted by atomic mass is 16.5. The first-order valence-corrected chi connectivity index (χ1v) is 6.88. The zero-order valence-corrected chi connectivity index (χ0v) is 11.6. The monoisotopic (exact) mass is 248 g/mol. The highest BCUT2D eigenvalue weighted by Gasteiger charge is 2.24. The maximum Gasteiger partial charge on any atom is 0.119 e. The molecule has 1 fully saturated rings. The lowest BCUT2D eigenvalue weighted by Gasteiger charge is -2.24. The number of likely N-dealkylation sites (N-methyl/N-ethyl adjacent to an activating group) is 1. The lowest BCUT2D eigenvalue weighted by atomic mass is 9.98. The topological polar surface area (TPSA) is 33.3 Å². The summed E-state index contributed by atoms with van der Waals surface area (Å²) in [7, 11) is 2.03. The summed E-state index contributed by atoms with van der Waals surface area (Å²) in [6.45, 7) is 5.23. The molecule has 1 aliphatic heterocycles. The van der Waals surface area contributed by atoms with Crippen molar-refractivity contribution in [2.45, 2.75) is 44.9 Å². The molecule has 0 aliphatic carbocycles. The molecule has 0 radical (unpaired) electrons. The lowest BCUT2D eigenvalue weighted by Crippen LogP contribution is -2.36. The number of hydrogen-bond acceptors (Lipinski definition) is 3. The molecular formula is C15H24N2O. The minimum absolute atomic E-state index is 0.229. The summed E-state index contributed by atoms with van der Waals surface area (Å²) in [5.41, 5.74) is 1.33. The maximum atomic E-state index is 5.67. The van der Waals surface area contributed by atoms with Gasteiger partial charge in [-0.1, -0.05) is 12.1 Å².